The van der Waals surface area contributed by atoms with Crippen LogP contribution in [0.25, 0.3) is 0 Å². The van der Waals surface area contributed by atoms with Crippen molar-refractivity contribution in [3.63, 3.8) is 0 Å². The summed E-state index contributed by atoms with van der Waals surface area (Å²) in [6.07, 6.45) is -0.184. The van der Waals surface area contributed by atoms with Crippen LogP contribution in [0.3, 0.4) is 0 Å². The van der Waals surface area contributed by atoms with E-state index in [4.69, 9.17) is 9.47 Å². The second-order valence-electron chi connectivity index (χ2n) is 8.95. The van der Waals surface area contributed by atoms with Crippen LogP contribution >= 0.6 is 0 Å². The molecule has 0 radical (unpaired) electrons. The number of amides is 3. The largest absolute Gasteiger partial charge is 0.497 e. The van der Waals surface area contributed by atoms with Gasteiger partial charge in [-0.1, -0.05) is 0 Å². The molecule has 2 aliphatic heterocycles. The van der Waals surface area contributed by atoms with Gasteiger partial charge in [-0.3, -0.25) is 19.3 Å². The number of piperazine rings is 2. The fraction of sp³-hybridized carbons (Fsp3) is 0.423. The summed E-state index contributed by atoms with van der Waals surface area (Å²) < 4.78 is 23.7. The van der Waals surface area contributed by atoms with Crippen molar-refractivity contribution in [2.45, 2.75) is 12.5 Å². The summed E-state index contributed by atoms with van der Waals surface area (Å²) in [6, 6.07) is 10.5. The average molecular weight is 514 g/mol. The van der Waals surface area contributed by atoms with Gasteiger partial charge in [-0.15, -0.1) is 0 Å². The minimum absolute atomic E-state index is 0.159. The van der Waals surface area contributed by atoms with Gasteiger partial charge < -0.3 is 29.9 Å². The molecule has 2 aromatic rings. The summed E-state index contributed by atoms with van der Waals surface area (Å²) >= 11 is 0. The first kappa shape index (κ1) is 26.2. The molecule has 0 spiro atoms. The lowest BCUT2D eigenvalue weighted by atomic mass is 10.1. The molecule has 0 aromatic heterocycles. The molecule has 0 bridgehead atoms. The van der Waals surface area contributed by atoms with E-state index in [1.165, 1.54) is 31.3 Å². The Morgan fingerprint density at radius 1 is 1.03 bits per heavy atom. The Labute approximate surface area is 215 Å². The van der Waals surface area contributed by atoms with Crippen LogP contribution in [-0.4, -0.2) is 93.6 Å². The topological polar surface area (TPSA) is 103 Å². The Balaban J connectivity index is 1.35. The van der Waals surface area contributed by atoms with Crippen LogP contribution in [0.15, 0.2) is 42.5 Å². The molecule has 2 fully saturated rings. The number of anilines is 2. The monoisotopic (exact) mass is 513 g/mol. The number of hydrogen-bond acceptors (Lipinski definition) is 7. The number of carbonyl (C=O) groups excluding carboxylic acids is 3. The zero-order chi connectivity index (χ0) is 26.4. The molecule has 0 saturated carbocycles. The van der Waals surface area contributed by atoms with Crippen LogP contribution in [0.2, 0.25) is 0 Å². The second-order valence-corrected chi connectivity index (χ2v) is 8.95. The van der Waals surface area contributed by atoms with Gasteiger partial charge >= 0.3 is 0 Å². The fourth-order valence-electron chi connectivity index (χ4n) is 4.60. The van der Waals surface area contributed by atoms with Crippen molar-refractivity contribution in [1.82, 2.24) is 15.1 Å². The van der Waals surface area contributed by atoms with Crippen LogP contribution in [-0.2, 0) is 14.4 Å². The van der Waals surface area contributed by atoms with Crippen LogP contribution in [0.1, 0.15) is 6.42 Å². The van der Waals surface area contributed by atoms with Crippen molar-refractivity contribution in [2.75, 3.05) is 70.2 Å². The number of carbonyl (C=O) groups is 3. The molecule has 2 aromatic carbocycles. The van der Waals surface area contributed by atoms with Gasteiger partial charge in [0.15, 0.2) is 0 Å². The third kappa shape index (κ3) is 6.48. The first-order chi connectivity index (χ1) is 17.9. The molecule has 11 heteroatoms. The predicted octanol–water partition coefficient (Wildman–Crippen LogP) is 1.32. The van der Waals surface area contributed by atoms with E-state index >= 15 is 0 Å². The summed E-state index contributed by atoms with van der Waals surface area (Å²) in [7, 11) is 3.01. The Bertz CT molecular complexity index is 1120. The summed E-state index contributed by atoms with van der Waals surface area (Å²) in [6.45, 7) is 3.55. The van der Waals surface area contributed by atoms with Gasteiger partial charge in [0.2, 0.25) is 17.7 Å². The quantitative estimate of drug-likeness (QED) is 0.549. The minimum Gasteiger partial charge on any atom is -0.497 e. The van der Waals surface area contributed by atoms with Crippen LogP contribution in [0, 0.1) is 5.82 Å². The van der Waals surface area contributed by atoms with Crippen molar-refractivity contribution in [1.29, 1.82) is 0 Å². The van der Waals surface area contributed by atoms with Gasteiger partial charge in [0.05, 0.1) is 32.9 Å². The number of nitrogens with zero attached hydrogens (tertiary/aromatic N) is 3. The lowest BCUT2D eigenvalue weighted by Gasteiger charge is -2.39. The van der Waals surface area contributed by atoms with Crippen molar-refractivity contribution in [3.05, 3.63) is 48.3 Å². The highest BCUT2D eigenvalue weighted by atomic mass is 19.1. The molecule has 2 aliphatic rings. The first-order valence-corrected chi connectivity index (χ1v) is 12.2. The third-order valence-corrected chi connectivity index (χ3v) is 6.63. The Morgan fingerprint density at radius 3 is 2.43 bits per heavy atom. The SMILES string of the molecule is COc1ccc(OC)c(NC(=O)C[C@@H]2C(=O)NCCN2C(=O)CN2CCN(c3ccc(F)cc3)CC2)c1. The van der Waals surface area contributed by atoms with Gasteiger partial charge in [0.25, 0.3) is 0 Å². The van der Waals surface area contributed by atoms with Crippen LogP contribution < -0.4 is 25.0 Å². The molecular formula is C26H32FN5O5. The highest BCUT2D eigenvalue weighted by molar-refractivity contribution is 5.98. The van der Waals surface area contributed by atoms with Crippen LogP contribution in [0.4, 0.5) is 15.8 Å². The van der Waals surface area contributed by atoms with E-state index in [0.717, 1.165) is 5.69 Å². The summed E-state index contributed by atoms with van der Waals surface area (Å²) in [5, 5.41) is 5.52. The van der Waals surface area contributed by atoms with E-state index in [1.807, 2.05) is 4.90 Å². The van der Waals surface area contributed by atoms with E-state index in [-0.39, 0.29) is 30.6 Å². The van der Waals surface area contributed by atoms with Crippen LogP contribution in [0.5, 0.6) is 11.5 Å². The molecule has 10 nitrogen and oxygen atoms in total. The molecular weight excluding hydrogens is 481 g/mol. The average Bonchev–Trinajstić information content (AvgIpc) is 2.90. The van der Waals surface area contributed by atoms with E-state index < -0.39 is 11.9 Å². The predicted molar refractivity (Wildman–Crippen MR) is 136 cm³/mol. The maximum absolute atomic E-state index is 13.2. The number of nitrogens with one attached hydrogen (secondary N) is 2. The maximum Gasteiger partial charge on any atom is 0.243 e. The normalized spacial score (nSPS) is 18.2. The zero-order valence-corrected chi connectivity index (χ0v) is 21.0. The maximum atomic E-state index is 13.2. The molecule has 2 saturated heterocycles. The lowest BCUT2D eigenvalue weighted by molar-refractivity contribution is -0.145. The molecule has 37 heavy (non-hydrogen) atoms. The smallest absolute Gasteiger partial charge is 0.243 e. The Kier molecular flexibility index (Phi) is 8.44. The van der Waals surface area contributed by atoms with Crippen molar-refractivity contribution >= 4 is 29.1 Å². The summed E-state index contributed by atoms with van der Waals surface area (Å²) in [5.74, 6) is -0.239. The number of ether oxygens (including phenoxy) is 2. The molecule has 0 unspecified atom stereocenters. The van der Waals surface area contributed by atoms with Gasteiger partial charge in [-0.2, -0.15) is 0 Å². The molecule has 2 N–H and O–H groups in total. The number of rotatable bonds is 8. The third-order valence-electron chi connectivity index (χ3n) is 6.63. The Hall–Kier alpha value is -3.86. The van der Waals surface area contributed by atoms with Crippen molar-refractivity contribution < 1.29 is 28.2 Å². The van der Waals surface area contributed by atoms with Gasteiger partial charge in [0.1, 0.15) is 23.4 Å². The Morgan fingerprint density at radius 2 is 1.76 bits per heavy atom. The molecule has 1 atom stereocenters. The van der Waals surface area contributed by atoms with Gasteiger partial charge in [-0.05, 0) is 36.4 Å². The summed E-state index contributed by atoms with van der Waals surface area (Å²) in [4.78, 5) is 44.4. The molecule has 0 aliphatic carbocycles. The fourth-order valence-corrected chi connectivity index (χ4v) is 4.60. The highest BCUT2D eigenvalue weighted by Gasteiger charge is 2.35. The zero-order valence-electron chi connectivity index (χ0n) is 21.0. The van der Waals surface area contributed by atoms with Gasteiger partial charge in [-0.25, -0.2) is 4.39 Å². The van der Waals surface area contributed by atoms with Crippen molar-refractivity contribution in [2.24, 2.45) is 0 Å². The second kappa shape index (κ2) is 11.9. The van der Waals surface area contributed by atoms with E-state index in [2.05, 4.69) is 15.5 Å². The molecule has 198 valence electrons. The highest BCUT2D eigenvalue weighted by Crippen LogP contribution is 2.29. The van der Waals surface area contributed by atoms with E-state index in [0.29, 0.717) is 56.5 Å². The number of hydrogen-bond donors (Lipinski definition) is 2. The minimum atomic E-state index is -0.904. The molecule has 3 amide bonds. The standard InChI is InChI=1S/C26H32FN5O5/c1-36-20-7-8-23(37-2)21(15-20)29-24(33)16-22-26(35)28-9-10-32(22)25(34)17-30-11-13-31(14-12-30)19-5-3-18(27)4-6-19/h3-8,15,22H,9-14,16-17H2,1-2H3,(H,28,35)(H,29,33)/t22-/m1/s1. The van der Waals surface area contributed by atoms with E-state index in [1.54, 1.807) is 30.3 Å². The number of benzene rings is 2. The lowest BCUT2D eigenvalue weighted by Crippen LogP contribution is -2.60. The van der Waals surface area contributed by atoms with E-state index in [9.17, 15) is 18.8 Å². The van der Waals surface area contributed by atoms with Gasteiger partial charge in [0, 0.05) is 51.0 Å². The number of methoxy groups -OCH3 is 2. The van der Waals surface area contributed by atoms with Crippen molar-refractivity contribution in [3.8, 4) is 11.5 Å². The molecule has 4 rings (SSSR count). The molecule has 2 heterocycles. The summed E-state index contributed by atoms with van der Waals surface area (Å²) in [5.41, 5.74) is 1.36. The first-order valence-electron chi connectivity index (χ1n) is 12.2. The number of halogens is 1.